The fourth-order valence-electron chi connectivity index (χ4n) is 2.66. The Kier molecular flexibility index (Phi) is 4.26. The van der Waals surface area contributed by atoms with Crippen LogP contribution in [0, 0.1) is 0 Å². The molecule has 0 N–H and O–H groups in total. The number of rotatable bonds is 4. The summed E-state index contributed by atoms with van der Waals surface area (Å²) < 4.78 is 12.0. The first kappa shape index (κ1) is 16.4. The van der Waals surface area contributed by atoms with Gasteiger partial charge in [-0.3, -0.25) is 0 Å². The van der Waals surface area contributed by atoms with Crippen molar-refractivity contribution in [2.45, 2.75) is 52.2 Å². The summed E-state index contributed by atoms with van der Waals surface area (Å²) in [6.45, 7) is 8.30. The summed E-state index contributed by atoms with van der Waals surface area (Å²) in [7, 11) is 0. The second-order valence-corrected chi connectivity index (χ2v) is 6.52. The molecule has 0 amide bonds. The molecule has 0 aromatic carbocycles. The van der Waals surface area contributed by atoms with E-state index in [2.05, 4.69) is 10.1 Å². The number of hydrogen-bond donors (Lipinski definition) is 0. The van der Waals surface area contributed by atoms with Crippen LogP contribution in [0.1, 0.15) is 62.1 Å². The number of carbonyl (C=O) groups is 2. The van der Waals surface area contributed by atoms with Crippen LogP contribution in [0.3, 0.4) is 0 Å². The van der Waals surface area contributed by atoms with Gasteiger partial charge in [0.1, 0.15) is 0 Å². The topological polar surface area (TPSA) is 83.3 Å². The average molecular weight is 331 g/mol. The van der Waals surface area contributed by atoms with E-state index in [1.165, 1.54) is 0 Å². The molecule has 3 rings (SSSR count). The van der Waals surface area contributed by atoms with Gasteiger partial charge in [-0.25, -0.2) is 19.3 Å². The van der Waals surface area contributed by atoms with Crippen molar-refractivity contribution in [2.75, 3.05) is 6.61 Å². The Morgan fingerprint density at radius 2 is 2.12 bits per heavy atom. The quantitative estimate of drug-likeness (QED) is 0.801. The standard InChI is InChI=1S/C17H21N3O4/c1-9(2)13-7-11(16(21)24-14-5-6-23-17(14)22)12-8-18-20(10(3)4)15(12)19-13/h7-10,14H,5-6H2,1-4H3/t14-/m1/s1. The van der Waals surface area contributed by atoms with Crippen LogP contribution >= 0.6 is 0 Å². The lowest BCUT2D eigenvalue weighted by Gasteiger charge is -2.13. The third-order valence-corrected chi connectivity index (χ3v) is 4.02. The number of carbonyl (C=O) groups excluding carboxylic acids is 2. The minimum atomic E-state index is -0.830. The number of fused-ring (bicyclic) bond motifs is 1. The Morgan fingerprint density at radius 3 is 2.71 bits per heavy atom. The highest BCUT2D eigenvalue weighted by Crippen LogP contribution is 2.25. The molecular weight excluding hydrogens is 310 g/mol. The predicted molar refractivity (Wildman–Crippen MR) is 86.8 cm³/mol. The lowest BCUT2D eigenvalue weighted by Crippen LogP contribution is -2.23. The third kappa shape index (κ3) is 2.86. The SMILES string of the molecule is CC(C)c1cc(C(=O)O[C@@H]2CCOC2=O)c2cnn(C(C)C)c2n1. The van der Waals surface area contributed by atoms with E-state index < -0.39 is 18.0 Å². The van der Waals surface area contributed by atoms with Gasteiger partial charge >= 0.3 is 11.9 Å². The van der Waals surface area contributed by atoms with E-state index in [1.54, 1.807) is 16.9 Å². The molecule has 0 bridgehead atoms. The van der Waals surface area contributed by atoms with Crippen LogP contribution in [0.25, 0.3) is 11.0 Å². The molecule has 2 aromatic rings. The number of aromatic nitrogens is 3. The number of ether oxygens (including phenoxy) is 2. The Balaban J connectivity index is 2.05. The molecule has 2 aromatic heterocycles. The first-order valence-electron chi connectivity index (χ1n) is 8.14. The zero-order valence-corrected chi connectivity index (χ0v) is 14.3. The minimum Gasteiger partial charge on any atom is -0.463 e. The van der Waals surface area contributed by atoms with Crippen LogP contribution in [0.5, 0.6) is 0 Å². The number of pyridine rings is 1. The van der Waals surface area contributed by atoms with Crippen LogP contribution < -0.4 is 0 Å². The molecular formula is C17H21N3O4. The summed E-state index contributed by atoms with van der Waals surface area (Å²) in [5.41, 5.74) is 1.82. The Bertz CT molecular complexity index is 794. The van der Waals surface area contributed by atoms with Gasteiger partial charge in [-0.1, -0.05) is 13.8 Å². The van der Waals surface area contributed by atoms with Crippen LogP contribution in [-0.4, -0.2) is 39.4 Å². The lowest BCUT2D eigenvalue weighted by molar-refractivity contribution is -0.145. The molecule has 7 heteroatoms. The van der Waals surface area contributed by atoms with Gasteiger partial charge in [0, 0.05) is 18.2 Å². The van der Waals surface area contributed by atoms with E-state index in [-0.39, 0.29) is 18.6 Å². The summed E-state index contributed by atoms with van der Waals surface area (Å²) >= 11 is 0. The molecule has 1 atom stereocenters. The van der Waals surface area contributed by atoms with Crippen molar-refractivity contribution >= 4 is 23.0 Å². The molecule has 7 nitrogen and oxygen atoms in total. The highest BCUT2D eigenvalue weighted by atomic mass is 16.6. The number of nitrogens with zero attached hydrogens (tertiary/aromatic N) is 3. The van der Waals surface area contributed by atoms with E-state index in [0.29, 0.717) is 23.0 Å². The summed E-state index contributed by atoms with van der Waals surface area (Å²) in [5.74, 6) is -0.889. The second-order valence-electron chi connectivity index (χ2n) is 6.52. The van der Waals surface area contributed by atoms with Gasteiger partial charge in [0.2, 0.25) is 6.10 Å². The van der Waals surface area contributed by atoms with Gasteiger partial charge in [0.25, 0.3) is 0 Å². The van der Waals surface area contributed by atoms with Gasteiger partial charge < -0.3 is 9.47 Å². The Morgan fingerprint density at radius 1 is 1.38 bits per heavy atom. The Labute approximate surface area is 139 Å². The van der Waals surface area contributed by atoms with Crippen molar-refractivity contribution in [1.29, 1.82) is 0 Å². The fraction of sp³-hybridized carbons (Fsp3) is 0.529. The van der Waals surface area contributed by atoms with Gasteiger partial charge in [-0.05, 0) is 25.8 Å². The van der Waals surface area contributed by atoms with E-state index in [4.69, 9.17) is 9.47 Å². The van der Waals surface area contributed by atoms with Crippen molar-refractivity contribution in [2.24, 2.45) is 0 Å². The van der Waals surface area contributed by atoms with Gasteiger partial charge in [0.05, 0.1) is 23.8 Å². The molecule has 0 saturated carbocycles. The van der Waals surface area contributed by atoms with Crippen LogP contribution in [-0.2, 0) is 14.3 Å². The van der Waals surface area contributed by atoms with E-state index in [9.17, 15) is 9.59 Å². The molecule has 1 fully saturated rings. The Hall–Kier alpha value is -2.44. The van der Waals surface area contributed by atoms with Gasteiger partial charge in [0.15, 0.2) is 5.65 Å². The molecule has 0 aliphatic carbocycles. The van der Waals surface area contributed by atoms with Gasteiger partial charge in [-0.2, -0.15) is 5.10 Å². The average Bonchev–Trinajstić information content (AvgIpc) is 3.12. The second kappa shape index (κ2) is 6.22. The first-order valence-corrected chi connectivity index (χ1v) is 8.14. The zero-order chi connectivity index (χ0) is 17.4. The molecule has 3 heterocycles. The highest BCUT2D eigenvalue weighted by molar-refractivity contribution is 6.03. The van der Waals surface area contributed by atoms with E-state index in [1.807, 2.05) is 27.7 Å². The normalized spacial score (nSPS) is 17.8. The maximum atomic E-state index is 12.6. The molecule has 0 unspecified atom stereocenters. The van der Waals surface area contributed by atoms with Crippen molar-refractivity contribution in [3.05, 3.63) is 23.5 Å². The minimum absolute atomic E-state index is 0.117. The monoisotopic (exact) mass is 331 g/mol. The van der Waals surface area contributed by atoms with E-state index >= 15 is 0 Å². The molecule has 1 aliphatic heterocycles. The highest BCUT2D eigenvalue weighted by Gasteiger charge is 2.31. The maximum absolute atomic E-state index is 12.6. The van der Waals surface area contributed by atoms with Gasteiger partial charge in [-0.15, -0.1) is 0 Å². The summed E-state index contributed by atoms with van der Waals surface area (Å²) in [6, 6.07) is 1.84. The smallest absolute Gasteiger partial charge is 0.347 e. The van der Waals surface area contributed by atoms with Crippen LogP contribution in [0.15, 0.2) is 12.3 Å². The molecule has 0 radical (unpaired) electrons. The maximum Gasteiger partial charge on any atom is 0.347 e. The zero-order valence-electron chi connectivity index (χ0n) is 14.3. The third-order valence-electron chi connectivity index (χ3n) is 4.02. The van der Waals surface area contributed by atoms with Crippen LogP contribution in [0.2, 0.25) is 0 Å². The molecule has 0 spiro atoms. The van der Waals surface area contributed by atoms with Crippen molar-refractivity contribution in [3.63, 3.8) is 0 Å². The first-order chi connectivity index (χ1) is 11.4. The number of hydrogen-bond acceptors (Lipinski definition) is 6. The van der Waals surface area contributed by atoms with Crippen molar-refractivity contribution < 1.29 is 19.1 Å². The summed E-state index contributed by atoms with van der Waals surface area (Å²) in [6.07, 6.45) is 1.18. The van der Waals surface area contributed by atoms with Crippen molar-refractivity contribution in [1.82, 2.24) is 14.8 Å². The fourth-order valence-corrected chi connectivity index (χ4v) is 2.66. The van der Waals surface area contributed by atoms with Crippen LogP contribution in [0.4, 0.5) is 0 Å². The number of esters is 2. The molecule has 1 saturated heterocycles. The van der Waals surface area contributed by atoms with Crippen molar-refractivity contribution in [3.8, 4) is 0 Å². The van der Waals surface area contributed by atoms with E-state index in [0.717, 1.165) is 5.69 Å². The predicted octanol–water partition coefficient (Wildman–Crippen LogP) is 2.61. The number of cyclic esters (lactones) is 1. The molecule has 1 aliphatic rings. The largest absolute Gasteiger partial charge is 0.463 e. The molecule has 128 valence electrons. The summed E-state index contributed by atoms with van der Waals surface area (Å²) in [4.78, 5) is 28.8. The lowest BCUT2D eigenvalue weighted by atomic mass is 10.1. The molecule has 24 heavy (non-hydrogen) atoms. The summed E-state index contributed by atoms with van der Waals surface area (Å²) in [5, 5.41) is 4.97.